The number of nitrogens with zero attached hydrogens (tertiary/aromatic N) is 2. The lowest BCUT2D eigenvalue weighted by Crippen LogP contribution is -2.62. The summed E-state index contributed by atoms with van der Waals surface area (Å²) in [5.41, 5.74) is -1.23. The maximum absolute atomic E-state index is 14.3. The van der Waals surface area contributed by atoms with Crippen LogP contribution >= 0.6 is 0 Å². The number of rotatable bonds is 5. The van der Waals surface area contributed by atoms with Crippen LogP contribution in [0.25, 0.3) is 0 Å². The zero-order valence-electron chi connectivity index (χ0n) is 22.3. The van der Waals surface area contributed by atoms with Gasteiger partial charge in [0.15, 0.2) is 11.6 Å². The van der Waals surface area contributed by atoms with Crippen LogP contribution in [-0.2, 0) is 16.0 Å². The Hall–Kier alpha value is -3.32. The molecule has 1 aromatic carbocycles. The van der Waals surface area contributed by atoms with Crippen LogP contribution in [0.1, 0.15) is 59.4 Å². The van der Waals surface area contributed by atoms with Gasteiger partial charge in [-0.25, -0.2) is 18.0 Å². The number of hydrogen-bond acceptors (Lipinski definition) is 5. The van der Waals surface area contributed by atoms with E-state index in [4.69, 9.17) is 15.6 Å². The van der Waals surface area contributed by atoms with E-state index in [1.807, 2.05) is 13.8 Å². The number of likely N-dealkylation sites (tertiary alicyclic amines) is 1. The second kappa shape index (κ2) is 12.2. The van der Waals surface area contributed by atoms with Gasteiger partial charge in [-0.3, -0.25) is 15.6 Å². The number of carbonyl (C=O) groups is 2. The summed E-state index contributed by atoms with van der Waals surface area (Å²) in [5, 5.41) is 18.0. The van der Waals surface area contributed by atoms with E-state index in [0.717, 1.165) is 0 Å². The number of nitrogens with one attached hydrogen (secondary N) is 3. The molecule has 0 aromatic heterocycles. The summed E-state index contributed by atoms with van der Waals surface area (Å²) >= 11 is 0. The van der Waals surface area contributed by atoms with Crippen molar-refractivity contribution in [3.63, 3.8) is 0 Å². The van der Waals surface area contributed by atoms with Gasteiger partial charge in [0.2, 0.25) is 11.7 Å². The molecule has 2 aliphatic rings. The molecule has 0 aliphatic carbocycles. The Kier molecular flexibility index (Phi) is 10.0. The molecule has 14 heteroatoms. The second-order valence-corrected chi connectivity index (χ2v) is 10.00. The SMILES string of the molecule is CC.CC(C)(C)OC(=O)NC(CC(=O)N1C2CCC1C(=N)N(C(=N)C(F)(F)F)C2)Cc1cc(F)c(F)cc1F. The molecule has 2 bridgehead atoms. The number of piperazine rings is 1. The third kappa shape index (κ3) is 7.85. The van der Waals surface area contributed by atoms with Crippen molar-refractivity contribution in [2.45, 2.75) is 90.2 Å². The molecular weight excluding hydrogens is 532 g/mol. The van der Waals surface area contributed by atoms with Gasteiger partial charge in [-0.05, 0) is 51.7 Å². The molecule has 2 heterocycles. The fourth-order valence-corrected chi connectivity index (χ4v) is 4.51. The Balaban J connectivity index is 0.00000260. The maximum atomic E-state index is 14.3. The largest absolute Gasteiger partial charge is 0.449 e. The van der Waals surface area contributed by atoms with E-state index in [2.05, 4.69) is 5.32 Å². The summed E-state index contributed by atoms with van der Waals surface area (Å²) in [4.78, 5) is 27.4. The summed E-state index contributed by atoms with van der Waals surface area (Å²) in [5.74, 6) is -6.71. The second-order valence-electron chi connectivity index (χ2n) is 10.00. The van der Waals surface area contributed by atoms with Crippen LogP contribution in [0.2, 0.25) is 0 Å². The number of halogens is 6. The van der Waals surface area contributed by atoms with Crippen molar-refractivity contribution >= 4 is 23.7 Å². The number of carbonyl (C=O) groups excluding carboxylic acids is 2. The molecule has 39 heavy (non-hydrogen) atoms. The van der Waals surface area contributed by atoms with Gasteiger partial charge in [0.05, 0.1) is 12.1 Å². The van der Waals surface area contributed by atoms with Crippen LogP contribution in [0.15, 0.2) is 12.1 Å². The Bertz CT molecular complexity index is 1100. The first-order chi connectivity index (χ1) is 18.0. The molecule has 218 valence electrons. The standard InChI is InChI=1S/C23H27F6N5O3.C2H6/c1-22(2,3)37-21(36)32-12(6-11-7-15(25)16(26)9-14(11)24)8-18(35)34-13-4-5-17(34)19(30)33(10-13)20(31)23(27,28)29;1-2/h7,9,12-13,17,30-31H,4-6,8,10H2,1-3H3,(H,32,36);1-2H3. The number of alkyl carbamates (subject to hydrolysis) is 1. The summed E-state index contributed by atoms with van der Waals surface area (Å²) in [6.45, 7) is 8.36. The van der Waals surface area contributed by atoms with E-state index in [1.54, 1.807) is 20.8 Å². The summed E-state index contributed by atoms with van der Waals surface area (Å²) in [6.07, 6.45) is -6.31. The van der Waals surface area contributed by atoms with Gasteiger partial charge in [0.1, 0.15) is 17.3 Å². The van der Waals surface area contributed by atoms with Crippen molar-refractivity contribution in [2.24, 2.45) is 0 Å². The average molecular weight is 566 g/mol. The number of benzene rings is 1. The van der Waals surface area contributed by atoms with Gasteiger partial charge in [-0.15, -0.1) is 0 Å². The molecule has 0 saturated carbocycles. The van der Waals surface area contributed by atoms with Gasteiger partial charge in [0, 0.05) is 25.1 Å². The summed E-state index contributed by atoms with van der Waals surface area (Å²) in [7, 11) is 0. The van der Waals surface area contributed by atoms with Crippen molar-refractivity contribution in [2.75, 3.05) is 6.54 Å². The first kappa shape index (κ1) is 31.9. The number of fused-ring (bicyclic) bond motifs is 2. The number of ether oxygens (including phenoxy) is 1. The number of amides is 2. The van der Waals surface area contributed by atoms with E-state index < -0.39 is 90.4 Å². The van der Waals surface area contributed by atoms with E-state index >= 15 is 0 Å². The molecular formula is C25H33F6N5O3. The van der Waals surface area contributed by atoms with Crippen molar-refractivity contribution < 1.29 is 40.7 Å². The lowest BCUT2D eigenvalue weighted by atomic mass is 10.0. The minimum Gasteiger partial charge on any atom is -0.444 e. The number of hydrogen-bond donors (Lipinski definition) is 3. The van der Waals surface area contributed by atoms with Gasteiger partial charge in [0.25, 0.3) is 0 Å². The highest BCUT2D eigenvalue weighted by Crippen LogP contribution is 2.34. The average Bonchev–Trinajstić information content (AvgIpc) is 3.15. The summed E-state index contributed by atoms with van der Waals surface area (Å²) < 4.78 is 85.8. The number of alkyl halides is 3. The molecule has 0 radical (unpaired) electrons. The molecule has 2 aliphatic heterocycles. The van der Waals surface area contributed by atoms with E-state index in [1.165, 1.54) is 4.90 Å². The molecule has 3 rings (SSSR count). The van der Waals surface area contributed by atoms with Crippen LogP contribution in [0.4, 0.5) is 31.1 Å². The molecule has 0 spiro atoms. The fourth-order valence-electron chi connectivity index (χ4n) is 4.51. The quantitative estimate of drug-likeness (QED) is 0.199. The monoisotopic (exact) mass is 565 g/mol. The van der Waals surface area contributed by atoms with Crippen LogP contribution in [0.3, 0.4) is 0 Å². The minimum atomic E-state index is -4.96. The van der Waals surface area contributed by atoms with E-state index in [9.17, 15) is 35.9 Å². The van der Waals surface area contributed by atoms with E-state index in [0.29, 0.717) is 23.5 Å². The Morgan fingerprint density at radius 3 is 2.23 bits per heavy atom. The lowest BCUT2D eigenvalue weighted by Gasteiger charge is -2.42. The van der Waals surface area contributed by atoms with Gasteiger partial charge in [-0.1, -0.05) is 13.8 Å². The highest BCUT2D eigenvalue weighted by Gasteiger charge is 2.51. The number of amidine groups is 2. The molecule has 1 aromatic rings. The van der Waals surface area contributed by atoms with Crippen LogP contribution in [0.5, 0.6) is 0 Å². The summed E-state index contributed by atoms with van der Waals surface area (Å²) in [6, 6.07) is -1.94. The zero-order chi connectivity index (χ0) is 29.9. The molecule has 2 saturated heterocycles. The van der Waals surface area contributed by atoms with Crippen molar-refractivity contribution in [1.29, 1.82) is 10.8 Å². The Morgan fingerprint density at radius 2 is 1.67 bits per heavy atom. The van der Waals surface area contributed by atoms with Crippen molar-refractivity contribution in [3.05, 3.63) is 35.1 Å². The predicted octanol–water partition coefficient (Wildman–Crippen LogP) is 5.15. The Labute approximate surface area is 222 Å². The zero-order valence-corrected chi connectivity index (χ0v) is 22.3. The maximum Gasteiger partial charge on any atom is 0.449 e. The molecule has 2 amide bonds. The highest BCUT2D eigenvalue weighted by atomic mass is 19.4. The van der Waals surface area contributed by atoms with Crippen molar-refractivity contribution in [3.8, 4) is 0 Å². The first-order valence-electron chi connectivity index (χ1n) is 12.4. The topological polar surface area (TPSA) is 110 Å². The first-order valence-corrected chi connectivity index (χ1v) is 12.4. The van der Waals surface area contributed by atoms with Gasteiger partial charge >= 0.3 is 12.3 Å². The molecule has 2 fully saturated rings. The highest BCUT2D eigenvalue weighted by molar-refractivity contribution is 6.05. The lowest BCUT2D eigenvalue weighted by molar-refractivity contribution is -0.134. The van der Waals surface area contributed by atoms with Gasteiger partial charge < -0.3 is 19.9 Å². The van der Waals surface area contributed by atoms with Crippen molar-refractivity contribution in [1.82, 2.24) is 15.1 Å². The van der Waals surface area contributed by atoms with Gasteiger partial charge in [-0.2, -0.15) is 13.2 Å². The normalized spacial score (nSPS) is 19.7. The fraction of sp³-hybridized carbons (Fsp3) is 0.600. The molecule has 3 unspecified atom stereocenters. The minimum absolute atomic E-state index is 0.207. The smallest absolute Gasteiger partial charge is 0.444 e. The van der Waals surface area contributed by atoms with E-state index in [-0.39, 0.29) is 12.0 Å². The van der Waals surface area contributed by atoms with Crippen LogP contribution in [-0.4, -0.2) is 69.9 Å². The molecule has 8 nitrogen and oxygen atoms in total. The third-order valence-corrected chi connectivity index (χ3v) is 6.03. The van der Waals surface area contributed by atoms with Crippen LogP contribution in [0, 0.1) is 28.3 Å². The third-order valence-electron chi connectivity index (χ3n) is 6.03. The predicted molar refractivity (Wildman–Crippen MR) is 131 cm³/mol. The Morgan fingerprint density at radius 1 is 1.08 bits per heavy atom. The molecule has 3 N–H and O–H groups in total. The van der Waals surface area contributed by atoms with Crippen LogP contribution < -0.4 is 5.32 Å². The molecule has 3 atom stereocenters.